The van der Waals surface area contributed by atoms with Crippen molar-refractivity contribution < 1.29 is 0 Å². The summed E-state index contributed by atoms with van der Waals surface area (Å²) in [6, 6.07) is 87.8. The Balaban J connectivity index is 1.25. The van der Waals surface area contributed by atoms with Gasteiger partial charge >= 0.3 is 0 Å². The summed E-state index contributed by atoms with van der Waals surface area (Å²) in [5.74, 6) is 0. The number of hydrogen-bond donors (Lipinski definition) is 0. The Labute approximate surface area is 348 Å². The van der Waals surface area contributed by atoms with Crippen LogP contribution in [0.3, 0.4) is 0 Å². The van der Waals surface area contributed by atoms with Crippen LogP contribution in [-0.4, -0.2) is 16.1 Å². The molecule has 59 heavy (non-hydrogen) atoms. The van der Waals surface area contributed by atoms with Gasteiger partial charge in [0, 0.05) is 40.5 Å². The van der Waals surface area contributed by atoms with Crippen molar-refractivity contribution in [2.75, 3.05) is 9.80 Å². The fourth-order valence-electron chi connectivity index (χ4n) is 10.9. The van der Waals surface area contributed by atoms with Gasteiger partial charge in [-0.3, -0.25) is 0 Å². The average Bonchev–Trinajstić information content (AvgIpc) is 3.32. The lowest BCUT2D eigenvalue weighted by Gasteiger charge is -2.52. The largest absolute Gasteiger partial charge is 0.311 e. The van der Waals surface area contributed by atoms with Gasteiger partial charge in [0.15, 0.2) is 16.1 Å². The predicted molar refractivity (Wildman–Crippen MR) is 253 cm³/mol. The van der Waals surface area contributed by atoms with Gasteiger partial charge in [0.2, 0.25) is 0 Å². The molecule has 12 rings (SSSR count). The molecule has 0 N–H and O–H groups in total. The van der Waals surface area contributed by atoms with Crippen LogP contribution in [0, 0.1) is 0 Å². The minimum atomic E-state index is -2.97. The molecule has 9 aromatic rings. The van der Waals surface area contributed by atoms with E-state index >= 15 is 0 Å². The predicted octanol–water partition coefficient (Wildman–Crippen LogP) is 7.91. The number of hydrogen-bond acceptors (Lipinski definition) is 2. The Morgan fingerprint density at radius 2 is 0.678 bits per heavy atom. The summed E-state index contributed by atoms with van der Waals surface area (Å²) in [6.45, 7) is 0. The van der Waals surface area contributed by atoms with Crippen LogP contribution in [0.5, 0.6) is 0 Å². The first-order chi connectivity index (χ1) is 29.3. The summed E-state index contributed by atoms with van der Waals surface area (Å²) < 4.78 is 0. The first-order valence-electron chi connectivity index (χ1n) is 20.7. The van der Waals surface area contributed by atoms with Gasteiger partial charge in [-0.1, -0.05) is 200 Å². The highest BCUT2D eigenvalue weighted by Crippen LogP contribution is 2.47. The highest BCUT2D eigenvalue weighted by Gasteiger charge is 2.56. The molecule has 4 heteroatoms. The smallest absolute Gasteiger partial charge is 0.184 e. The molecule has 278 valence electrons. The molecule has 9 aromatic carbocycles. The summed E-state index contributed by atoms with van der Waals surface area (Å²) in [6.07, 6.45) is 0.924. The molecule has 3 heterocycles. The topological polar surface area (TPSA) is 6.48 Å². The van der Waals surface area contributed by atoms with Gasteiger partial charge in [-0.2, -0.15) is 0 Å². The van der Waals surface area contributed by atoms with Crippen molar-refractivity contribution in [3.05, 3.63) is 242 Å². The van der Waals surface area contributed by atoms with Crippen LogP contribution in [0.2, 0.25) is 0 Å². The van der Waals surface area contributed by atoms with Gasteiger partial charge in [0.25, 0.3) is 0 Å². The first kappa shape index (κ1) is 34.1. The SMILES string of the molecule is c1ccc([Si]2(c3ccccc3)c3ccccc3N3c4cc(N5c6ccccc6Cc6ccccc65)ccc4[Si](c4ccccc4)(c4ccccc4)c4cccc2c43)cc1. The molecule has 3 aliphatic rings. The summed E-state index contributed by atoms with van der Waals surface area (Å²) in [5.41, 5.74) is 10.2. The van der Waals surface area contributed by atoms with E-state index in [0.717, 1.165) is 6.42 Å². The Kier molecular flexibility index (Phi) is 7.67. The molecule has 0 unspecified atom stereocenters. The average molecular weight is 785 g/mol. The van der Waals surface area contributed by atoms with Crippen LogP contribution in [0.25, 0.3) is 0 Å². The molecule has 0 saturated heterocycles. The highest BCUT2D eigenvalue weighted by molar-refractivity contribution is 7.24. The molecule has 0 aliphatic carbocycles. The molecule has 0 radical (unpaired) electrons. The second-order valence-electron chi connectivity index (χ2n) is 16.0. The fraction of sp³-hybridized carbons (Fsp3) is 0.0182. The van der Waals surface area contributed by atoms with E-state index in [-0.39, 0.29) is 0 Å². The van der Waals surface area contributed by atoms with E-state index in [1.165, 1.54) is 86.7 Å². The van der Waals surface area contributed by atoms with Gasteiger partial charge in [0.05, 0.1) is 0 Å². The van der Waals surface area contributed by atoms with Gasteiger partial charge in [-0.15, -0.1) is 0 Å². The van der Waals surface area contributed by atoms with Crippen LogP contribution >= 0.6 is 0 Å². The quantitative estimate of drug-likeness (QED) is 0.164. The highest BCUT2D eigenvalue weighted by atomic mass is 28.3. The van der Waals surface area contributed by atoms with E-state index < -0.39 is 16.1 Å². The Bertz CT molecular complexity index is 2900. The fourth-order valence-corrected chi connectivity index (χ4v) is 21.3. The van der Waals surface area contributed by atoms with Crippen LogP contribution in [-0.2, 0) is 6.42 Å². The second kappa shape index (κ2) is 13.3. The van der Waals surface area contributed by atoms with Crippen molar-refractivity contribution in [3.8, 4) is 0 Å². The van der Waals surface area contributed by atoms with Gasteiger partial charge in [-0.05, 0) is 83.0 Å². The summed E-state index contributed by atoms with van der Waals surface area (Å²) in [4.78, 5) is 5.18. The third-order valence-corrected chi connectivity index (χ3v) is 22.9. The van der Waals surface area contributed by atoms with E-state index in [0.29, 0.717) is 0 Å². The molecule has 0 fully saturated rings. The van der Waals surface area contributed by atoms with E-state index in [9.17, 15) is 0 Å². The maximum atomic E-state index is 2.68. The normalized spacial score (nSPS) is 14.9. The third-order valence-electron chi connectivity index (χ3n) is 13.2. The van der Waals surface area contributed by atoms with Crippen LogP contribution in [0.1, 0.15) is 11.1 Å². The zero-order valence-corrected chi connectivity index (χ0v) is 34.5. The van der Waals surface area contributed by atoms with Crippen molar-refractivity contribution in [1.82, 2.24) is 0 Å². The number of para-hydroxylation sites is 4. The van der Waals surface area contributed by atoms with E-state index in [4.69, 9.17) is 0 Å². The Morgan fingerprint density at radius 3 is 1.17 bits per heavy atom. The number of fused-ring (bicyclic) bond motifs is 6. The van der Waals surface area contributed by atoms with Crippen LogP contribution in [0.4, 0.5) is 34.1 Å². The molecule has 0 bridgehead atoms. The monoisotopic (exact) mass is 784 g/mol. The lowest BCUT2D eigenvalue weighted by molar-refractivity contribution is 1.09. The summed E-state index contributed by atoms with van der Waals surface area (Å²) in [7, 11) is -5.86. The van der Waals surface area contributed by atoms with Crippen molar-refractivity contribution >= 4 is 91.8 Å². The molecule has 0 spiro atoms. The number of benzene rings is 9. The molecule has 0 atom stereocenters. The van der Waals surface area contributed by atoms with Crippen molar-refractivity contribution in [3.63, 3.8) is 0 Å². The summed E-state index contributed by atoms with van der Waals surface area (Å²) in [5, 5.41) is 11.3. The van der Waals surface area contributed by atoms with Gasteiger partial charge in [-0.25, -0.2) is 0 Å². The Hall–Kier alpha value is -6.99. The lowest BCUT2D eigenvalue weighted by atomic mass is 9.95. The lowest BCUT2D eigenvalue weighted by Crippen LogP contribution is -2.82. The Morgan fingerprint density at radius 1 is 0.288 bits per heavy atom. The second-order valence-corrected chi connectivity index (χ2v) is 23.5. The standard InChI is InChI=1S/C55H40N2Si2/c1-5-22-43(23-6-1)58(44-24-7-2-8-25-44)51-33-18-17-32-49(51)57-50-39-42(56-47-30-15-13-20-40(47)38-41-21-14-16-31-48(41)56)36-37-52(50)59(45-26-9-3-10-27-45,46-28-11-4-12-29-46)54-35-19-34-53(58)55(54)57/h1-37,39H,38H2. The number of nitrogens with zero attached hydrogens (tertiary/aromatic N) is 2. The van der Waals surface area contributed by atoms with Crippen LogP contribution < -0.4 is 51.3 Å². The molecular formula is C55H40N2Si2. The van der Waals surface area contributed by atoms with Crippen molar-refractivity contribution in [2.45, 2.75) is 6.42 Å². The van der Waals surface area contributed by atoms with Crippen LogP contribution in [0.15, 0.2) is 231 Å². The molecular weight excluding hydrogens is 745 g/mol. The molecule has 2 nitrogen and oxygen atoms in total. The first-order valence-corrected chi connectivity index (χ1v) is 24.7. The van der Waals surface area contributed by atoms with E-state index in [1.807, 2.05) is 0 Å². The van der Waals surface area contributed by atoms with Gasteiger partial charge in [0.1, 0.15) is 0 Å². The number of rotatable bonds is 5. The van der Waals surface area contributed by atoms with E-state index in [2.05, 4.69) is 240 Å². The van der Waals surface area contributed by atoms with E-state index in [1.54, 1.807) is 0 Å². The zero-order valence-electron chi connectivity index (χ0n) is 32.5. The van der Waals surface area contributed by atoms with Crippen molar-refractivity contribution in [2.24, 2.45) is 0 Å². The zero-order chi connectivity index (χ0) is 39.0. The molecule has 3 aliphatic heterocycles. The minimum absolute atomic E-state index is 0.924. The molecule has 0 aromatic heterocycles. The third kappa shape index (κ3) is 4.73. The maximum absolute atomic E-state index is 2.97. The van der Waals surface area contributed by atoms with Crippen molar-refractivity contribution in [1.29, 1.82) is 0 Å². The summed E-state index contributed by atoms with van der Waals surface area (Å²) >= 11 is 0. The maximum Gasteiger partial charge on any atom is 0.184 e. The minimum Gasteiger partial charge on any atom is -0.311 e. The molecule has 0 amide bonds. The number of anilines is 6. The van der Waals surface area contributed by atoms with Gasteiger partial charge < -0.3 is 9.80 Å². The molecule has 0 saturated carbocycles.